The molecule has 1 aromatic rings. The Morgan fingerprint density at radius 3 is 3.20 bits per heavy atom. The van der Waals surface area contributed by atoms with Gasteiger partial charge in [0, 0.05) is 19.0 Å². The average molecular weight is 228 g/mol. The largest absolute Gasteiger partial charge is 0.477 e. The molecule has 15 heavy (non-hydrogen) atoms. The molecule has 0 saturated carbocycles. The van der Waals surface area contributed by atoms with E-state index in [0.29, 0.717) is 11.2 Å². The van der Waals surface area contributed by atoms with E-state index in [-0.39, 0.29) is 0 Å². The zero-order valence-corrected chi connectivity index (χ0v) is 9.26. The van der Waals surface area contributed by atoms with Gasteiger partial charge in [-0.25, -0.2) is 4.68 Å². The number of aryl methyl sites for hydroxylation is 1. The van der Waals surface area contributed by atoms with Crippen LogP contribution in [0, 0.1) is 0 Å². The zero-order chi connectivity index (χ0) is 10.3. The third kappa shape index (κ3) is 1.52. The van der Waals surface area contributed by atoms with Gasteiger partial charge in [0.25, 0.3) is 0 Å². The minimum absolute atomic E-state index is 0.333. The topological polar surface area (TPSA) is 39.1 Å². The number of halogens is 1. The Labute approximate surface area is 93.5 Å². The van der Waals surface area contributed by atoms with E-state index in [0.717, 1.165) is 44.0 Å². The lowest BCUT2D eigenvalue weighted by Gasteiger charge is -2.18. The molecule has 1 fully saturated rings. The lowest BCUT2D eigenvalue weighted by atomic mass is 10.1. The highest BCUT2D eigenvalue weighted by molar-refractivity contribution is 6.30. The summed E-state index contributed by atoms with van der Waals surface area (Å²) in [7, 11) is 0. The maximum Gasteiger partial charge on any atom is 0.218 e. The Balaban J connectivity index is 2.01. The Kier molecular flexibility index (Phi) is 2.33. The third-order valence-electron chi connectivity index (χ3n) is 3.06. The summed E-state index contributed by atoms with van der Waals surface area (Å²) in [5.41, 5.74) is 1.06. The van der Waals surface area contributed by atoms with E-state index in [9.17, 15) is 0 Å². The summed E-state index contributed by atoms with van der Waals surface area (Å²) in [6, 6.07) is 0.333. The fourth-order valence-corrected chi connectivity index (χ4v) is 2.65. The Hall–Kier alpha value is -0.740. The molecule has 1 saturated heterocycles. The second-order valence-corrected chi connectivity index (χ2v) is 4.44. The van der Waals surface area contributed by atoms with Crippen LogP contribution in [-0.2, 0) is 6.54 Å². The number of nitrogens with zero attached hydrogens (tertiary/aromatic N) is 2. The number of fused-ring (bicyclic) bond motifs is 1. The molecule has 4 nitrogen and oxygen atoms in total. The molecule has 3 heterocycles. The van der Waals surface area contributed by atoms with Gasteiger partial charge in [-0.05, 0) is 19.4 Å². The fraction of sp³-hybridized carbons (Fsp3) is 0.700. The van der Waals surface area contributed by atoms with Crippen LogP contribution in [0.25, 0.3) is 0 Å². The lowest BCUT2D eigenvalue weighted by molar-refractivity contribution is 0.226. The minimum Gasteiger partial charge on any atom is -0.477 e. The van der Waals surface area contributed by atoms with Crippen LogP contribution in [0.1, 0.15) is 30.9 Å². The van der Waals surface area contributed by atoms with Crippen LogP contribution < -0.4 is 10.1 Å². The number of hydrogen-bond acceptors (Lipinski definition) is 3. The van der Waals surface area contributed by atoms with E-state index >= 15 is 0 Å². The third-order valence-corrected chi connectivity index (χ3v) is 3.34. The quantitative estimate of drug-likeness (QED) is 0.795. The molecule has 1 aromatic heterocycles. The van der Waals surface area contributed by atoms with Crippen molar-refractivity contribution in [2.45, 2.75) is 31.8 Å². The number of rotatable bonds is 1. The first-order chi connectivity index (χ1) is 7.36. The summed E-state index contributed by atoms with van der Waals surface area (Å²) in [6.45, 7) is 2.76. The molecule has 0 aromatic carbocycles. The highest BCUT2D eigenvalue weighted by Gasteiger charge is 2.29. The van der Waals surface area contributed by atoms with Crippen molar-refractivity contribution < 1.29 is 4.74 Å². The van der Waals surface area contributed by atoms with E-state index in [1.807, 2.05) is 4.68 Å². The monoisotopic (exact) mass is 227 g/mol. The van der Waals surface area contributed by atoms with Crippen molar-refractivity contribution >= 4 is 11.6 Å². The van der Waals surface area contributed by atoms with Crippen molar-refractivity contribution in [1.82, 2.24) is 15.1 Å². The van der Waals surface area contributed by atoms with Crippen LogP contribution in [0.2, 0.25) is 5.15 Å². The molecule has 0 radical (unpaired) electrons. The van der Waals surface area contributed by atoms with Crippen molar-refractivity contribution in [1.29, 1.82) is 0 Å². The Morgan fingerprint density at radius 1 is 1.47 bits per heavy atom. The first-order valence-electron chi connectivity index (χ1n) is 5.48. The summed E-state index contributed by atoms with van der Waals surface area (Å²) < 4.78 is 7.55. The molecule has 2 aliphatic rings. The summed E-state index contributed by atoms with van der Waals surface area (Å²) in [5.74, 6) is 0.880. The summed E-state index contributed by atoms with van der Waals surface area (Å²) in [4.78, 5) is 0. The van der Waals surface area contributed by atoms with Gasteiger partial charge >= 0.3 is 0 Å². The number of nitrogens with one attached hydrogen (secondary N) is 1. The molecule has 0 spiro atoms. The molecule has 5 heteroatoms. The van der Waals surface area contributed by atoms with Gasteiger partial charge in [0.05, 0.1) is 12.2 Å². The van der Waals surface area contributed by atoms with Gasteiger partial charge in [0.2, 0.25) is 5.88 Å². The van der Waals surface area contributed by atoms with Crippen LogP contribution in [0.15, 0.2) is 0 Å². The van der Waals surface area contributed by atoms with Gasteiger partial charge in [-0.1, -0.05) is 11.6 Å². The molecule has 1 atom stereocenters. The standard InChI is InChI=1S/C10H14ClN3O/c11-9-8(7-3-1-4-12-7)10-14(13-9)5-2-6-15-10/h7,12H,1-6H2. The molecule has 0 bridgehead atoms. The highest BCUT2D eigenvalue weighted by Crippen LogP contribution is 2.37. The SMILES string of the molecule is Clc1nn2c(c1C1CCCN1)OCCC2. The van der Waals surface area contributed by atoms with Crippen molar-refractivity contribution in [3.05, 3.63) is 10.7 Å². The molecular formula is C10H14ClN3O. The van der Waals surface area contributed by atoms with Crippen molar-refractivity contribution in [3.63, 3.8) is 0 Å². The molecule has 0 aliphatic carbocycles. The van der Waals surface area contributed by atoms with Crippen molar-refractivity contribution in [2.75, 3.05) is 13.2 Å². The maximum absolute atomic E-state index is 6.16. The zero-order valence-electron chi connectivity index (χ0n) is 8.50. The molecule has 0 amide bonds. The number of hydrogen-bond donors (Lipinski definition) is 1. The first kappa shape index (κ1) is 9.48. The predicted molar refractivity (Wildman–Crippen MR) is 57.3 cm³/mol. The van der Waals surface area contributed by atoms with Crippen LogP contribution in [-0.4, -0.2) is 22.9 Å². The van der Waals surface area contributed by atoms with Crippen molar-refractivity contribution in [2.24, 2.45) is 0 Å². The van der Waals surface area contributed by atoms with Crippen molar-refractivity contribution in [3.8, 4) is 5.88 Å². The molecular weight excluding hydrogens is 214 g/mol. The van der Waals surface area contributed by atoms with Crippen LogP contribution in [0.5, 0.6) is 5.88 Å². The van der Waals surface area contributed by atoms with E-state index in [2.05, 4.69) is 10.4 Å². The van der Waals surface area contributed by atoms with Gasteiger partial charge in [-0.2, -0.15) is 5.10 Å². The van der Waals surface area contributed by atoms with Gasteiger partial charge in [-0.3, -0.25) is 0 Å². The molecule has 1 unspecified atom stereocenters. The summed E-state index contributed by atoms with van der Waals surface area (Å²) >= 11 is 6.16. The number of aromatic nitrogens is 2. The van der Waals surface area contributed by atoms with E-state index in [1.165, 1.54) is 6.42 Å². The smallest absolute Gasteiger partial charge is 0.218 e. The lowest BCUT2D eigenvalue weighted by Crippen LogP contribution is -2.18. The van der Waals surface area contributed by atoms with E-state index < -0.39 is 0 Å². The fourth-order valence-electron chi connectivity index (χ4n) is 2.34. The van der Waals surface area contributed by atoms with E-state index in [1.54, 1.807) is 0 Å². The normalized spacial score (nSPS) is 25.0. The minimum atomic E-state index is 0.333. The first-order valence-corrected chi connectivity index (χ1v) is 5.86. The van der Waals surface area contributed by atoms with Gasteiger partial charge in [-0.15, -0.1) is 0 Å². The summed E-state index contributed by atoms with van der Waals surface area (Å²) in [6.07, 6.45) is 3.34. The van der Waals surface area contributed by atoms with Gasteiger partial charge < -0.3 is 10.1 Å². The Morgan fingerprint density at radius 2 is 2.40 bits per heavy atom. The molecule has 2 aliphatic heterocycles. The molecule has 3 rings (SSSR count). The highest BCUT2D eigenvalue weighted by atomic mass is 35.5. The van der Waals surface area contributed by atoms with Gasteiger partial charge in [0.15, 0.2) is 5.15 Å². The van der Waals surface area contributed by atoms with Crippen LogP contribution in [0.3, 0.4) is 0 Å². The second kappa shape index (κ2) is 3.68. The second-order valence-electron chi connectivity index (χ2n) is 4.08. The van der Waals surface area contributed by atoms with Gasteiger partial charge in [0.1, 0.15) is 0 Å². The van der Waals surface area contributed by atoms with Crippen LogP contribution in [0.4, 0.5) is 0 Å². The average Bonchev–Trinajstić information content (AvgIpc) is 2.82. The summed E-state index contributed by atoms with van der Waals surface area (Å²) in [5, 5.41) is 8.35. The maximum atomic E-state index is 6.16. The van der Waals surface area contributed by atoms with E-state index in [4.69, 9.17) is 16.3 Å². The predicted octanol–water partition coefficient (Wildman–Crippen LogP) is 1.74. The Bertz CT molecular complexity index is 371. The number of ether oxygens (including phenoxy) is 1. The van der Waals surface area contributed by atoms with Crippen LogP contribution >= 0.6 is 11.6 Å². The molecule has 1 N–H and O–H groups in total. The molecule has 82 valence electrons.